The number of nitrogens with zero attached hydrogens (tertiary/aromatic N) is 4. The van der Waals surface area contributed by atoms with Crippen LogP contribution in [0.3, 0.4) is 0 Å². The summed E-state index contributed by atoms with van der Waals surface area (Å²) in [6.45, 7) is 1.45. The van der Waals surface area contributed by atoms with Crippen LogP contribution in [0.5, 0.6) is 0 Å². The van der Waals surface area contributed by atoms with Crippen LogP contribution in [0, 0.1) is 0 Å². The zero-order chi connectivity index (χ0) is 32.4. The van der Waals surface area contributed by atoms with E-state index < -0.39 is 0 Å². The van der Waals surface area contributed by atoms with Crippen LogP contribution in [0.1, 0.15) is 34.3 Å². The van der Waals surface area contributed by atoms with Crippen LogP contribution in [-0.4, -0.2) is 45.0 Å². The first-order valence-corrected chi connectivity index (χ1v) is 17.2. The minimum absolute atomic E-state index is 0.0259. The number of halogens is 5. The van der Waals surface area contributed by atoms with E-state index in [2.05, 4.69) is 42.6 Å². The maximum atomic E-state index is 6.41. The second-order valence-corrected chi connectivity index (χ2v) is 12.6. The number of benzene rings is 2. The van der Waals surface area contributed by atoms with Crippen molar-refractivity contribution in [3.8, 4) is 0 Å². The van der Waals surface area contributed by atoms with Gasteiger partial charge in [0, 0.05) is 42.5 Å². The Hall–Kier alpha value is -2.23. The Balaban J connectivity index is 0.000000213. The van der Waals surface area contributed by atoms with E-state index in [1.165, 1.54) is 5.56 Å². The highest BCUT2D eigenvalue weighted by molar-refractivity contribution is 8.14. The Morgan fingerprint density at radius 2 is 1.40 bits per heavy atom. The fraction of sp³-hybridized carbons (Fsp3) is 0.250. The summed E-state index contributed by atoms with van der Waals surface area (Å²) in [6.07, 6.45) is 8.61. The molecule has 0 bridgehead atoms. The summed E-state index contributed by atoms with van der Waals surface area (Å²) in [7, 11) is 0. The predicted molar refractivity (Wildman–Crippen MR) is 197 cm³/mol. The van der Waals surface area contributed by atoms with Crippen molar-refractivity contribution in [2.45, 2.75) is 24.9 Å². The summed E-state index contributed by atoms with van der Waals surface area (Å²) >= 11 is 35.9. The highest BCUT2D eigenvalue weighted by Crippen LogP contribution is 2.33. The van der Waals surface area contributed by atoms with Gasteiger partial charge in [-0.05, 0) is 83.7 Å². The van der Waals surface area contributed by atoms with Crippen molar-refractivity contribution in [1.29, 1.82) is 0 Å². The molecule has 0 fully saturated rings. The van der Waals surface area contributed by atoms with Crippen LogP contribution in [0.4, 0.5) is 0 Å². The third-order valence-electron chi connectivity index (χ3n) is 6.28. The van der Waals surface area contributed by atoms with Crippen LogP contribution < -0.4 is 11.1 Å². The van der Waals surface area contributed by atoms with E-state index in [1.54, 1.807) is 48.7 Å². The van der Waals surface area contributed by atoms with E-state index in [0.29, 0.717) is 38.9 Å². The summed E-state index contributed by atoms with van der Waals surface area (Å²) in [5.74, 6) is 1.55. The molecule has 0 radical (unpaired) electrons. The fourth-order valence-corrected chi connectivity index (χ4v) is 5.98. The van der Waals surface area contributed by atoms with Crippen molar-refractivity contribution in [1.82, 2.24) is 15.3 Å². The quantitative estimate of drug-likeness (QED) is 0.101. The maximum Gasteiger partial charge on any atom is 0.157 e. The number of thiocarbonyl (C=S) groups is 1. The molecule has 0 spiro atoms. The second-order valence-electron chi connectivity index (χ2n) is 9.41. The Morgan fingerprint density at radius 3 is 1.91 bits per heavy atom. The molecule has 0 saturated heterocycles. The van der Waals surface area contributed by atoms with E-state index in [1.807, 2.05) is 48.5 Å². The van der Waals surface area contributed by atoms with E-state index in [-0.39, 0.29) is 12.1 Å². The zero-order valence-corrected chi connectivity index (χ0v) is 29.5. The number of aromatic nitrogens is 2. The number of isothiocyanates is 1. The molecule has 6 nitrogen and oxygen atoms in total. The van der Waals surface area contributed by atoms with Gasteiger partial charge in [0.15, 0.2) is 5.17 Å². The molecule has 3 N–H and O–H groups in total. The topological polar surface area (TPSA) is 88.5 Å². The molecule has 45 heavy (non-hydrogen) atoms. The zero-order valence-electron chi connectivity index (χ0n) is 24.1. The first kappa shape index (κ1) is 37.2. The van der Waals surface area contributed by atoms with Crippen molar-refractivity contribution in [3.05, 3.63) is 128 Å². The molecular formula is C32H31Cl5N6S2. The monoisotopic (exact) mass is 738 g/mol. The molecule has 0 amide bonds. The van der Waals surface area contributed by atoms with Gasteiger partial charge in [0.1, 0.15) is 0 Å². The molecule has 2 aromatic heterocycles. The van der Waals surface area contributed by atoms with Crippen molar-refractivity contribution < 1.29 is 0 Å². The van der Waals surface area contributed by atoms with Crippen molar-refractivity contribution in [3.63, 3.8) is 0 Å². The molecule has 1 aliphatic heterocycles. The molecule has 13 heteroatoms. The average molecular weight is 741 g/mol. The molecule has 2 aromatic carbocycles. The van der Waals surface area contributed by atoms with Crippen molar-refractivity contribution in [2.75, 3.05) is 24.7 Å². The Morgan fingerprint density at radius 1 is 0.844 bits per heavy atom. The molecule has 236 valence electrons. The molecule has 4 aromatic rings. The number of nitrogens with two attached hydrogens (primary N) is 1. The average Bonchev–Trinajstić information content (AvgIpc) is 3.57. The second kappa shape index (κ2) is 20.8. The van der Waals surface area contributed by atoms with Gasteiger partial charge < -0.3 is 11.1 Å². The molecule has 2 atom stereocenters. The highest BCUT2D eigenvalue weighted by Gasteiger charge is 2.20. The van der Waals surface area contributed by atoms with Crippen LogP contribution in [0.2, 0.25) is 20.1 Å². The molecule has 1 aliphatic rings. The van der Waals surface area contributed by atoms with Gasteiger partial charge >= 0.3 is 0 Å². The molecule has 2 unspecified atom stereocenters. The summed E-state index contributed by atoms with van der Waals surface area (Å²) in [5, 5.41) is 8.90. The lowest BCUT2D eigenvalue weighted by Crippen LogP contribution is -2.27. The van der Waals surface area contributed by atoms with Gasteiger partial charge in [-0.3, -0.25) is 15.0 Å². The largest absolute Gasteiger partial charge is 0.358 e. The maximum absolute atomic E-state index is 6.41. The summed E-state index contributed by atoms with van der Waals surface area (Å²) in [6, 6.07) is 19.0. The van der Waals surface area contributed by atoms with E-state index >= 15 is 0 Å². The normalized spacial score (nSPS) is 13.2. The number of nitrogens with one attached hydrogen (secondary N) is 1. The third kappa shape index (κ3) is 12.8. The van der Waals surface area contributed by atoms with E-state index in [9.17, 15) is 0 Å². The molecule has 0 saturated carbocycles. The molecular weight excluding hydrogens is 710 g/mol. The number of alkyl halides is 1. The lowest BCUT2D eigenvalue weighted by molar-refractivity contribution is 0.648. The highest BCUT2D eigenvalue weighted by atomic mass is 35.5. The van der Waals surface area contributed by atoms with Gasteiger partial charge in [-0.1, -0.05) is 82.4 Å². The number of amidine groups is 1. The van der Waals surface area contributed by atoms with Crippen molar-refractivity contribution >= 4 is 92.3 Å². The summed E-state index contributed by atoms with van der Waals surface area (Å²) in [4.78, 5) is 16.0. The number of pyridine rings is 2. The van der Waals surface area contributed by atoms with Crippen LogP contribution >= 0.6 is 82.0 Å². The van der Waals surface area contributed by atoms with Gasteiger partial charge in [0.05, 0.1) is 44.4 Å². The van der Waals surface area contributed by atoms with Gasteiger partial charge in [-0.15, -0.1) is 11.6 Å². The number of hydrogen-bond donors (Lipinski definition) is 2. The van der Waals surface area contributed by atoms with Crippen molar-refractivity contribution in [2.24, 2.45) is 15.7 Å². The Kier molecular flexibility index (Phi) is 17.2. The third-order valence-corrected chi connectivity index (χ3v) is 9.15. The Labute approximate surface area is 298 Å². The SMILES string of the molecule is Clc1cccc(C(Cc2ccncc2)NC2=NCCS2)c1Cl.NC(Cc1ccncc1)c1cccc(Cl)c1Cl.S=C=NCCCl. The lowest BCUT2D eigenvalue weighted by Gasteiger charge is -2.21. The Bertz CT molecular complexity index is 1560. The standard InChI is InChI=1S/C16H15Cl2N3S.C13H12Cl2N2.C3H4ClNS/c17-13-3-1-2-12(15(13)18)14(21-16-20-8-9-22-16)10-11-4-6-19-7-5-11;14-11-3-1-2-10(13(11)15)12(16)8-9-4-6-17-7-5-9;4-1-2-5-3-6/h1-7,14H,8-10H2,(H,20,21);1-7,12H,8,16H2;1-2H2. The van der Waals surface area contributed by atoms with Gasteiger partial charge in [0.25, 0.3) is 0 Å². The number of rotatable bonds is 9. The van der Waals surface area contributed by atoms with Crippen LogP contribution in [-0.2, 0) is 12.8 Å². The number of aliphatic imine (C=N–C) groups is 2. The first-order chi connectivity index (χ1) is 21.8. The predicted octanol–water partition coefficient (Wildman–Crippen LogP) is 9.32. The summed E-state index contributed by atoms with van der Waals surface area (Å²) < 4.78 is 0. The van der Waals surface area contributed by atoms with E-state index in [4.69, 9.17) is 63.7 Å². The number of hydrogen-bond acceptors (Lipinski definition) is 8. The summed E-state index contributed by atoms with van der Waals surface area (Å²) in [5.41, 5.74) is 10.3. The minimum Gasteiger partial charge on any atom is -0.358 e. The molecule has 5 rings (SSSR count). The minimum atomic E-state index is -0.163. The van der Waals surface area contributed by atoms with E-state index in [0.717, 1.165) is 40.6 Å². The molecule has 0 aliphatic carbocycles. The smallest absolute Gasteiger partial charge is 0.157 e. The van der Waals surface area contributed by atoms with Crippen LogP contribution in [0.15, 0.2) is 95.4 Å². The first-order valence-electron chi connectivity index (χ1n) is 13.8. The number of thioether (sulfide) groups is 1. The lowest BCUT2D eigenvalue weighted by atomic mass is 9.99. The van der Waals surface area contributed by atoms with Gasteiger partial charge in [-0.2, -0.15) is 0 Å². The fourth-order valence-electron chi connectivity index (χ4n) is 4.13. The van der Waals surface area contributed by atoms with Gasteiger partial charge in [0.2, 0.25) is 0 Å². The molecule has 3 heterocycles. The van der Waals surface area contributed by atoms with Gasteiger partial charge in [-0.25, -0.2) is 4.99 Å². The van der Waals surface area contributed by atoms with Crippen LogP contribution in [0.25, 0.3) is 0 Å².